The first kappa shape index (κ1) is 16.1. The van der Waals surface area contributed by atoms with Gasteiger partial charge in [-0.25, -0.2) is 0 Å². The summed E-state index contributed by atoms with van der Waals surface area (Å²) in [5.74, 6) is -0.0400. The zero-order chi connectivity index (χ0) is 15.0. The SMILES string of the molecule is CCCCN(CCCC)C(=O)c1ccc([N+](=O)[O-])cc1. The van der Waals surface area contributed by atoms with Gasteiger partial charge in [0, 0.05) is 30.8 Å². The molecule has 5 heteroatoms. The largest absolute Gasteiger partial charge is 0.339 e. The van der Waals surface area contributed by atoms with Gasteiger partial charge in [-0.1, -0.05) is 26.7 Å². The Bertz CT molecular complexity index is 435. The van der Waals surface area contributed by atoms with E-state index in [0.717, 1.165) is 38.8 Å². The van der Waals surface area contributed by atoms with Crippen LogP contribution in [0.4, 0.5) is 5.69 Å². The van der Waals surface area contributed by atoms with Crippen LogP contribution in [-0.2, 0) is 0 Å². The average molecular weight is 278 g/mol. The van der Waals surface area contributed by atoms with Gasteiger partial charge < -0.3 is 4.90 Å². The van der Waals surface area contributed by atoms with Crippen molar-refractivity contribution in [1.82, 2.24) is 4.90 Å². The molecule has 1 rings (SSSR count). The fourth-order valence-electron chi connectivity index (χ4n) is 1.92. The summed E-state index contributed by atoms with van der Waals surface area (Å²) in [6.45, 7) is 5.67. The van der Waals surface area contributed by atoms with Crippen molar-refractivity contribution in [2.24, 2.45) is 0 Å². The molecule has 1 aromatic rings. The summed E-state index contributed by atoms with van der Waals surface area (Å²) in [7, 11) is 0. The molecule has 0 aliphatic rings. The molecule has 110 valence electrons. The Morgan fingerprint density at radius 1 is 1.10 bits per heavy atom. The van der Waals surface area contributed by atoms with Crippen LogP contribution in [0.3, 0.4) is 0 Å². The fraction of sp³-hybridized carbons (Fsp3) is 0.533. The van der Waals surface area contributed by atoms with Crippen LogP contribution in [0.1, 0.15) is 49.9 Å². The van der Waals surface area contributed by atoms with E-state index in [1.807, 2.05) is 4.90 Å². The molecule has 0 saturated carbocycles. The summed E-state index contributed by atoms with van der Waals surface area (Å²) in [4.78, 5) is 24.4. The van der Waals surface area contributed by atoms with Crippen molar-refractivity contribution >= 4 is 11.6 Å². The summed E-state index contributed by atoms with van der Waals surface area (Å²) in [5.41, 5.74) is 0.526. The highest BCUT2D eigenvalue weighted by Gasteiger charge is 2.16. The predicted octanol–water partition coefficient (Wildman–Crippen LogP) is 3.64. The molecule has 0 fully saturated rings. The summed E-state index contributed by atoms with van der Waals surface area (Å²) < 4.78 is 0. The van der Waals surface area contributed by atoms with E-state index < -0.39 is 4.92 Å². The molecule has 0 saturated heterocycles. The Morgan fingerprint density at radius 3 is 2.00 bits per heavy atom. The molecule has 20 heavy (non-hydrogen) atoms. The predicted molar refractivity (Wildman–Crippen MR) is 78.8 cm³/mol. The third kappa shape index (κ3) is 4.64. The lowest BCUT2D eigenvalue weighted by atomic mass is 10.1. The normalized spacial score (nSPS) is 10.3. The minimum absolute atomic E-state index is 0.00946. The number of carbonyl (C=O) groups is 1. The number of nitrogens with zero attached hydrogens (tertiary/aromatic N) is 2. The van der Waals surface area contributed by atoms with E-state index in [1.165, 1.54) is 24.3 Å². The van der Waals surface area contributed by atoms with Gasteiger partial charge in [0.1, 0.15) is 0 Å². The van der Waals surface area contributed by atoms with Gasteiger partial charge in [-0.2, -0.15) is 0 Å². The molecule has 0 aromatic heterocycles. The second-order valence-corrected chi connectivity index (χ2v) is 4.80. The second kappa shape index (κ2) is 8.30. The fourth-order valence-corrected chi connectivity index (χ4v) is 1.92. The van der Waals surface area contributed by atoms with E-state index in [0.29, 0.717) is 5.56 Å². The average Bonchev–Trinajstić information content (AvgIpc) is 2.47. The molecule has 0 heterocycles. The van der Waals surface area contributed by atoms with Gasteiger partial charge in [0.2, 0.25) is 0 Å². The van der Waals surface area contributed by atoms with E-state index in [2.05, 4.69) is 13.8 Å². The maximum absolute atomic E-state index is 12.4. The summed E-state index contributed by atoms with van der Waals surface area (Å²) >= 11 is 0. The molecule has 0 bridgehead atoms. The third-order valence-corrected chi connectivity index (χ3v) is 3.18. The zero-order valence-corrected chi connectivity index (χ0v) is 12.2. The highest BCUT2D eigenvalue weighted by Crippen LogP contribution is 2.14. The summed E-state index contributed by atoms with van der Waals surface area (Å²) in [5, 5.41) is 10.6. The van der Waals surface area contributed by atoms with Crippen LogP contribution in [0.5, 0.6) is 0 Å². The van der Waals surface area contributed by atoms with Crippen LogP contribution in [0.2, 0.25) is 0 Å². The molecule has 1 aromatic carbocycles. The van der Waals surface area contributed by atoms with Gasteiger partial charge in [0.25, 0.3) is 11.6 Å². The standard InChI is InChI=1S/C15H22N2O3/c1-3-5-11-16(12-6-4-2)15(18)13-7-9-14(10-8-13)17(19)20/h7-10H,3-6,11-12H2,1-2H3. The van der Waals surface area contributed by atoms with E-state index in [-0.39, 0.29) is 11.6 Å². The second-order valence-electron chi connectivity index (χ2n) is 4.80. The highest BCUT2D eigenvalue weighted by atomic mass is 16.6. The van der Waals surface area contributed by atoms with Gasteiger partial charge >= 0.3 is 0 Å². The van der Waals surface area contributed by atoms with E-state index >= 15 is 0 Å². The topological polar surface area (TPSA) is 63.5 Å². The van der Waals surface area contributed by atoms with Crippen molar-refractivity contribution in [3.63, 3.8) is 0 Å². The quantitative estimate of drug-likeness (QED) is 0.538. The molecule has 0 radical (unpaired) electrons. The molecule has 0 spiro atoms. The number of amides is 1. The molecule has 0 atom stereocenters. The van der Waals surface area contributed by atoms with Crippen LogP contribution >= 0.6 is 0 Å². The van der Waals surface area contributed by atoms with Crippen molar-refractivity contribution < 1.29 is 9.72 Å². The number of nitro groups is 1. The Labute approximate surface area is 119 Å². The Balaban J connectivity index is 2.78. The van der Waals surface area contributed by atoms with Crippen molar-refractivity contribution in [1.29, 1.82) is 0 Å². The molecule has 0 aliphatic heterocycles. The van der Waals surface area contributed by atoms with Gasteiger partial charge in [0.05, 0.1) is 4.92 Å². The van der Waals surface area contributed by atoms with Gasteiger partial charge in [0.15, 0.2) is 0 Å². The van der Waals surface area contributed by atoms with Crippen molar-refractivity contribution in [3.05, 3.63) is 39.9 Å². The molecular formula is C15H22N2O3. The number of unbranched alkanes of at least 4 members (excludes halogenated alkanes) is 2. The lowest BCUT2D eigenvalue weighted by Gasteiger charge is -2.22. The minimum Gasteiger partial charge on any atom is -0.339 e. The summed E-state index contributed by atoms with van der Waals surface area (Å²) in [6.07, 6.45) is 4.03. The van der Waals surface area contributed by atoms with E-state index in [4.69, 9.17) is 0 Å². The first-order valence-corrected chi connectivity index (χ1v) is 7.13. The number of carbonyl (C=O) groups excluding carboxylic acids is 1. The van der Waals surface area contributed by atoms with Crippen LogP contribution in [0, 0.1) is 10.1 Å². The lowest BCUT2D eigenvalue weighted by Crippen LogP contribution is -2.32. The highest BCUT2D eigenvalue weighted by molar-refractivity contribution is 5.94. The number of benzene rings is 1. The maximum Gasteiger partial charge on any atom is 0.269 e. The molecule has 5 nitrogen and oxygen atoms in total. The van der Waals surface area contributed by atoms with Crippen molar-refractivity contribution in [3.8, 4) is 0 Å². The Morgan fingerprint density at radius 2 is 1.60 bits per heavy atom. The first-order valence-electron chi connectivity index (χ1n) is 7.13. The maximum atomic E-state index is 12.4. The van der Waals surface area contributed by atoms with Crippen molar-refractivity contribution in [2.45, 2.75) is 39.5 Å². The van der Waals surface area contributed by atoms with E-state index in [1.54, 1.807) is 0 Å². The van der Waals surface area contributed by atoms with Crippen LogP contribution in [0.15, 0.2) is 24.3 Å². The third-order valence-electron chi connectivity index (χ3n) is 3.18. The van der Waals surface area contributed by atoms with Crippen LogP contribution < -0.4 is 0 Å². The van der Waals surface area contributed by atoms with Gasteiger partial charge in [-0.15, -0.1) is 0 Å². The van der Waals surface area contributed by atoms with E-state index in [9.17, 15) is 14.9 Å². The number of rotatable bonds is 8. The number of hydrogen-bond donors (Lipinski definition) is 0. The zero-order valence-electron chi connectivity index (χ0n) is 12.2. The minimum atomic E-state index is -0.458. The number of nitro benzene ring substituents is 1. The monoisotopic (exact) mass is 278 g/mol. The van der Waals surface area contributed by atoms with Crippen molar-refractivity contribution in [2.75, 3.05) is 13.1 Å². The molecule has 1 amide bonds. The first-order chi connectivity index (χ1) is 9.60. The lowest BCUT2D eigenvalue weighted by molar-refractivity contribution is -0.384. The Hall–Kier alpha value is -1.91. The molecule has 0 unspecified atom stereocenters. The van der Waals surface area contributed by atoms with Crippen LogP contribution in [0.25, 0.3) is 0 Å². The van der Waals surface area contributed by atoms with Gasteiger partial charge in [-0.05, 0) is 25.0 Å². The number of non-ortho nitro benzene ring substituents is 1. The number of hydrogen-bond acceptors (Lipinski definition) is 3. The van der Waals surface area contributed by atoms with Crippen LogP contribution in [-0.4, -0.2) is 28.8 Å². The molecule has 0 N–H and O–H groups in total. The molecular weight excluding hydrogens is 256 g/mol. The summed E-state index contributed by atoms with van der Waals surface area (Å²) in [6, 6.07) is 5.83. The smallest absolute Gasteiger partial charge is 0.269 e. The Kier molecular flexibility index (Phi) is 6.70. The molecule has 0 aliphatic carbocycles. The van der Waals surface area contributed by atoms with Gasteiger partial charge in [-0.3, -0.25) is 14.9 Å².